The van der Waals surface area contributed by atoms with Crippen LogP contribution in [0.1, 0.15) is 16.8 Å². The Labute approximate surface area is 79.8 Å². The van der Waals surface area contributed by atoms with Crippen molar-refractivity contribution in [1.82, 2.24) is 0 Å². The minimum absolute atomic E-state index is 0.0256. The molecule has 1 rings (SSSR count). The average Bonchev–Trinajstić information content (AvgIpc) is 2.15. The molecular weight excluding hydrogens is 189 g/mol. The summed E-state index contributed by atoms with van der Waals surface area (Å²) >= 11 is 0. The predicted molar refractivity (Wildman–Crippen MR) is 47.7 cm³/mol. The Kier molecular flexibility index (Phi) is 3.03. The van der Waals surface area contributed by atoms with Crippen molar-refractivity contribution in [3.05, 3.63) is 23.5 Å². The fourth-order valence-corrected chi connectivity index (χ4v) is 1.04. The van der Waals surface area contributed by atoms with Crippen LogP contribution < -0.4 is 5.73 Å². The van der Waals surface area contributed by atoms with Crippen LogP contribution in [0.4, 0.5) is 4.39 Å². The van der Waals surface area contributed by atoms with Crippen LogP contribution in [0.5, 0.6) is 11.5 Å². The average molecular weight is 199 g/mol. The molecule has 0 aliphatic rings. The SMILES string of the molecule is NCCC(=O)c1ccc(O)c(F)c1O. The Hall–Kier alpha value is -1.62. The molecule has 0 aliphatic carbocycles. The monoisotopic (exact) mass is 199 g/mol. The van der Waals surface area contributed by atoms with Gasteiger partial charge < -0.3 is 15.9 Å². The number of aromatic hydroxyl groups is 2. The summed E-state index contributed by atoms with van der Waals surface area (Å²) in [6.07, 6.45) is 0.0256. The number of hydrogen-bond donors (Lipinski definition) is 3. The van der Waals surface area contributed by atoms with E-state index in [1.807, 2.05) is 0 Å². The fraction of sp³-hybridized carbons (Fsp3) is 0.222. The number of Topliss-reactive ketones (excluding diaryl/α,β-unsaturated/α-hetero) is 1. The van der Waals surface area contributed by atoms with E-state index in [9.17, 15) is 14.3 Å². The quantitative estimate of drug-likeness (QED) is 0.628. The molecule has 0 aliphatic heterocycles. The van der Waals surface area contributed by atoms with Crippen molar-refractivity contribution in [3.8, 4) is 11.5 Å². The Morgan fingerprint density at radius 1 is 1.43 bits per heavy atom. The molecule has 0 saturated carbocycles. The zero-order chi connectivity index (χ0) is 10.7. The maximum atomic E-state index is 12.9. The van der Waals surface area contributed by atoms with E-state index in [0.29, 0.717) is 0 Å². The Bertz CT molecular complexity index is 365. The van der Waals surface area contributed by atoms with Crippen molar-refractivity contribution in [3.63, 3.8) is 0 Å². The van der Waals surface area contributed by atoms with Gasteiger partial charge >= 0.3 is 0 Å². The summed E-state index contributed by atoms with van der Waals surface area (Å²) in [5.74, 6) is -3.16. The van der Waals surface area contributed by atoms with Gasteiger partial charge in [-0.25, -0.2) is 0 Å². The third-order valence-corrected chi connectivity index (χ3v) is 1.77. The van der Waals surface area contributed by atoms with Gasteiger partial charge in [0.05, 0.1) is 5.56 Å². The van der Waals surface area contributed by atoms with E-state index in [2.05, 4.69) is 0 Å². The predicted octanol–water partition coefficient (Wildman–Crippen LogP) is 0.768. The highest BCUT2D eigenvalue weighted by molar-refractivity contribution is 5.98. The number of benzene rings is 1. The van der Waals surface area contributed by atoms with Gasteiger partial charge in [0, 0.05) is 6.42 Å². The maximum Gasteiger partial charge on any atom is 0.207 e. The van der Waals surface area contributed by atoms with Gasteiger partial charge in [-0.2, -0.15) is 4.39 Å². The fourth-order valence-electron chi connectivity index (χ4n) is 1.04. The van der Waals surface area contributed by atoms with Crippen molar-refractivity contribution in [1.29, 1.82) is 0 Å². The van der Waals surface area contributed by atoms with E-state index in [1.165, 1.54) is 0 Å². The highest BCUT2D eigenvalue weighted by Gasteiger charge is 2.16. The molecule has 4 N–H and O–H groups in total. The zero-order valence-electron chi connectivity index (χ0n) is 7.33. The van der Waals surface area contributed by atoms with Gasteiger partial charge in [-0.05, 0) is 18.7 Å². The van der Waals surface area contributed by atoms with Gasteiger partial charge in [0.1, 0.15) is 0 Å². The molecule has 0 aromatic heterocycles. The van der Waals surface area contributed by atoms with Crippen LogP contribution in [0.25, 0.3) is 0 Å². The zero-order valence-corrected chi connectivity index (χ0v) is 7.33. The summed E-state index contributed by atoms with van der Waals surface area (Å²) in [5, 5.41) is 18.0. The largest absolute Gasteiger partial charge is 0.505 e. The lowest BCUT2D eigenvalue weighted by atomic mass is 10.1. The van der Waals surface area contributed by atoms with Crippen molar-refractivity contribution in [2.75, 3.05) is 6.54 Å². The minimum atomic E-state index is -1.19. The molecule has 1 aromatic rings. The van der Waals surface area contributed by atoms with Crippen LogP contribution >= 0.6 is 0 Å². The van der Waals surface area contributed by atoms with Crippen molar-refractivity contribution in [2.45, 2.75) is 6.42 Å². The third kappa shape index (κ3) is 1.82. The molecule has 1 aromatic carbocycles. The highest BCUT2D eigenvalue weighted by atomic mass is 19.1. The normalized spacial score (nSPS) is 10.1. The van der Waals surface area contributed by atoms with Gasteiger partial charge in [-0.15, -0.1) is 0 Å². The lowest BCUT2D eigenvalue weighted by molar-refractivity contribution is 0.0982. The van der Waals surface area contributed by atoms with Gasteiger partial charge in [0.2, 0.25) is 5.82 Å². The second-order valence-corrected chi connectivity index (χ2v) is 2.76. The van der Waals surface area contributed by atoms with Crippen LogP contribution in [-0.2, 0) is 0 Å². The molecule has 0 saturated heterocycles. The Morgan fingerprint density at radius 3 is 2.64 bits per heavy atom. The minimum Gasteiger partial charge on any atom is -0.505 e. The van der Waals surface area contributed by atoms with E-state index >= 15 is 0 Å². The second kappa shape index (κ2) is 4.06. The number of rotatable bonds is 3. The van der Waals surface area contributed by atoms with Crippen molar-refractivity contribution in [2.24, 2.45) is 5.73 Å². The van der Waals surface area contributed by atoms with E-state index in [0.717, 1.165) is 12.1 Å². The molecule has 0 spiro atoms. The molecule has 0 radical (unpaired) electrons. The molecule has 0 amide bonds. The molecule has 0 heterocycles. The lowest BCUT2D eigenvalue weighted by Gasteiger charge is -2.04. The summed E-state index contributed by atoms with van der Waals surface area (Å²) in [6, 6.07) is 2.17. The van der Waals surface area contributed by atoms with Crippen LogP contribution in [0, 0.1) is 5.82 Å². The molecule has 0 unspecified atom stereocenters. The number of ketones is 1. The number of hydrogen-bond acceptors (Lipinski definition) is 4. The molecule has 0 fully saturated rings. The lowest BCUT2D eigenvalue weighted by Crippen LogP contribution is -2.08. The summed E-state index contributed by atoms with van der Waals surface area (Å²) < 4.78 is 12.9. The topological polar surface area (TPSA) is 83.6 Å². The number of nitrogens with two attached hydrogens (primary N) is 1. The molecular formula is C9H10FNO3. The molecule has 76 valence electrons. The van der Waals surface area contributed by atoms with Crippen LogP contribution in [0.3, 0.4) is 0 Å². The molecule has 0 atom stereocenters. The standard InChI is InChI=1S/C9H10FNO3/c10-8-7(13)2-1-5(9(8)14)6(12)3-4-11/h1-2,13-14H,3-4,11H2. The summed E-state index contributed by atoms with van der Waals surface area (Å²) in [7, 11) is 0. The van der Waals surface area contributed by atoms with E-state index in [4.69, 9.17) is 10.8 Å². The Balaban J connectivity index is 3.11. The number of phenolic OH excluding ortho intramolecular Hbond substituents is 2. The Morgan fingerprint density at radius 2 is 2.07 bits per heavy atom. The maximum absolute atomic E-state index is 12.9. The molecule has 0 bridgehead atoms. The van der Waals surface area contributed by atoms with E-state index in [1.54, 1.807) is 0 Å². The highest BCUT2D eigenvalue weighted by Crippen LogP contribution is 2.28. The van der Waals surface area contributed by atoms with E-state index in [-0.39, 0.29) is 18.5 Å². The summed E-state index contributed by atoms with van der Waals surface area (Å²) in [6.45, 7) is 0.126. The van der Waals surface area contributed by atoms with Crippen molar-refractivity contribution < 1.29 is 19.4 Å². The van der Waals surface area contributed by atoms with Gasteiger partial charge in [-0.1, -0.05) is 0 Å². The first kappa shape index (κ1) is 10.5. The molecule has 14 heavy (non-hydrogen) atoms. The number of halogens is 1. The first-order chi connectivity index (χ1) is 6.57. The smallest absolute Gasteiger partial charge is 0.207 e. The first-order valence-corrected chi connectivity index (χ1v) is 4.01. The van der Waals surface area contributed by atoms with Crippen LogP contribution in [0.15, 0.2) is 12.1 Å². The summed E-state index contributed by atoms with van der Waals surface area (Å²) in [4.78, 5) is 11.2. The number of carbonyl (C=O) groups is 1. The summed E-state index contributed by atoms with van der Waals surface area (Å²) in [5.41, 5.74) is 4.98. The van der Waals surface area contributed by atoms with E-state index < -0.39 is 23.1 Å². The van der Waals surface area contributed by atoms with Crippen LogP contribution in [0.2, 0.25) is 0 Å². The molecule has 5 heteroatoms. The third-order valence-electron chi connectivity index (χ3n) is 1.77. The van der Waals surface area contributed by atoms with Gasteiger partial charge in [0.25, 0.3) is 0 Å². The second-order valence-electron chi connectivity index (χ2n) is 2.76. The van der Waals surface area contributed by atoms with Gasteiger partial charge in [0.15, 0.2) is 17.3 Å². The van der Waals surface area contributed by atoms with Crippen molar-refractivity contribution >= 4 is 5.78 Å². The first-order valence-electron chi connectivity index (χ1n) is 4.01. The number of carbonyl (C=O) groups excluding carboxylic acids is 1. The van der Waals surface area contributed by atoms with Crippen LogP contribution in [-0.4, -0.2) is 22.5 Å². The number of phenols is 2. The van der Waals surface area contributed by atoms with Gasteiger partial charge in [-0.3, -0.25) is 4.79 Å². The molecule has 4 nitrogen and oxygen atoms in total.